The molecule has 2 N–H and O–H groups in total. The molecule has 0 spiro atoms. The van der Waals surface area contributed by atoms with Gasteiger partial charge in [0.25, 0.3) is 5.91 Å². The molecule has 26 heavy (non-hydrogen) atoms. The summed E-state index contributed by atoms with van der Waals surface area (Å²) in [6, 6.07) is 0.728. The third-order valence-corrected chi connectivity index (χ3v) is 3.95. The number of carbonyl (C=O) groups is 1. The molecule has 1 aliphatic rings. The van der Waals surface area contributed by atoms with Gasteiger partial charge in [0.2, 0.25) is 5.88 Å². The van der Waals surface area contributed by atoms with Crippen LogP contribution >= 0.6 is 11.6 Å². The molecule has 0 radical (unpaired) electrons. The number of aromatic hydroxyl groups is 1. The van der Waals surface area contributed by atoms with Crippen molar-refractivity contribution in [2.45, 2.75) is 25.7 Å². The van der Waals surface area contributed by atoms with E-state index in [0.717, 1.165) is 6.21 Å². The van der Waals surface area contributed by atoms with Crippen molar-refractivity contribution in [3.8, 4) is 5.88 Å². The van der Waals surface area contributed by atoms with Crippen molar-refractivity contribution in [1.29, 1.82) is 0 Å². The lowest BCUT2D eigenvalue weighted by molar-refractivity contribution is -0.118. The van der Waals surface area contributed by atoms with E-state index in [-0.39, 0.29) is 28.6 Å². The van der Waals surface area contributed by atoms with Gasteiger partial charge in [0.15, 0.2) is 0 Å². The highest BCUT2D eigenvalue weighted by molar-refractivity contribution is 6.31. The lowest BCUT2D eigenvalue weighted by Crippen LogP contribution is -2.35. The van der Waals surface area contributed by atoms with Gasteiger partial charge in [-0.25, -0.2) is 4.98 Å². The number of aliphatic hydroxyl groups excluding tert-OH is 1. The molecule has 10 heteroatoms. The molecule has 0 aromatic carbocycles. The first-order valence-corrected chi connectivity index (χ1v) is 7.77. The zero-order chi connectivity index (χ0) is 19.5. The molecular formula is C16H15ClF3N3O3. The molecule has 2 heterocycles. The summed E-state index contributed by atoms with van der Waals surface area (Å²) >= 11 is 5.73. The summed E-state index contributed by atoms with van der Waals surface area (Å²) in [6.45, 7) is 0.206. The fraction of sp³-hybridized carbons (Fsp3) is 0.312. The number of fused-ring (bicyclic) bond motifs is 1. The minimum absolute atomic E-state index is 0.0277. The SMILES string of the molecule is CC(C(/C=N\CC(F)(F)F)=C/C(Cl)=C/O)N1Cc2c(ccnc2O)C1=O. The van der Waals surface area contributed by atoms with Crippen molar-refractivity contribution in [1.82, 2.24) is 9.88 Å². The zero-order valence-corrected chi connectivity index (χ0v) is 14.3. The Morgan fingerprint density at radius 2 is 2.23 bits per heavy atom. The van der Waals surface area contributed by atoms with Crippen molar-refractivity contribution in [2.75, 3.05) is 6.54 Å². The molecule has 0 fully saturated rings. The summed E-state index contributed by atoms with van der Waals surface area (Å²) in [5.41, 5.74) is 0.776. The number of halogens is 4. The standard InChI is InChI=1S/C16H15ClF3N3O3/c1-9(10(4-11(17)7-24)5-21-8-16(18,19)20)23-6-13-12(15(23)26)2-3-22-14(13)25/h2-5,7,9,24H,6,8H2,1H3,(H,22,25)/b10-4+,11-7-,21-5-. The van der Waals surface area contributed by atoms with E-state index in [1.54, 1.807) is 6.92 Å². The lowest BCUT2D eigenvalue weighted by atomic mass is 10.1. The Bertz CT molecular complexity index is 791. The Balaban J connectivity index is 2.30. The molecule has 1 aromatic rings. The average Bonchev–Trinajstić information content (AvgIpc) is 2.90. The summed E-state index contributed by atoms with van der Waals surface area (Å²) in [6.07, 6.45) is -0.452. The van der Waals surface area contributed by atoms with Crippen LogP contribution in [0.1, 0.15) is 22.8 Å². The third-order valence-electron chi connectivity index (χ3n) is 3.74. The molecule has 1 atom stereocenters. The smallest absolute Gasteiger partial charge is 0.407 e. The van der Waals surface area contributed by atoms with E-state index in [1.807, 2.05) is 0 Å². The molecule has 6 nitrogen and oxygen atoms in total. The number of amides is 1. The molecular weight excluding hydrogens is 375 g/mol. The Hall–Kier alpha value is -2.55. The Kier molecular flexibility index (Phi) is 5.91. The lowest BCUT2D eigenvalue weighted by Gasteiger charge is -2.25. The highest BCUT2D eigenvalue weighted by Crippen LogP contribution is 2.31. The molecule has 140 valence electrons. The highest BCUT2D eigenvalue weighted by atomic mass is 35.5. The van der Waals surface area contributed by atoms with Crippen LogP contribution in [0.15, 0.2) is 40.2 Å². The monoisotopic (exact) mass is 389 g/mol. The van der Waals surface area contributed by atoms with Gasteiger partial charge in [-0.15, -0.1) is 0 Å². The summed E-state index contributed by atoms with van der Waals surface area (Å²) in [5, 5.41) is 18.6. The van der Waals surface area contributed by atoms with Gasteiger partial charge < -0.3 is 15.1 Å². The summed E-state index contributed by atoms with van der Waals surface area (Å²) in [4.78, 5) is 20.9. The first-order chi connectivity index (χ1) is 12.1. The Morgan fingerprint density at radius 1 is 1.54 bits per heavy atom. The van der Waals surface area contributed by atoms with E-state index >= 15 is 0 Å². The molecule has 0 aliphatic carbocycles. The minimum Gasteiger partial charge on any atom is -0.514 e. The number of rotatable bonds is 5. The van der Waals surface area contributed by atoms with Gasteiger partial charge in [-0.3, -0.25) is 9.79 Å². The molecule has 0 saturated heterocycles. The predicted octanol–water partition coefficient (Wildman–Crippen LogP) is 3.33. The van der Waals surface area contributed by atoms with Crippen molar-refractivity contribution >= 4 is 23.7 Å². The maximum atomic E-state index is 12.5. The molecule has 1 unspecified atom stereocenters. The first-order valence-electron chi connectivity index (χ1n) is 7.40. The van der Waals surface area contributed by atoms with Gasteiger partial charge in [-0.1, -0.05) is 11.6 Å². The van der Waals surface area contributed by atoms with E-state index in [9.17, 15) is 23.1 Å². The van der Waals surface area contributed by atoms with Crippen LogP contribution in [-0.4, -0.2) is 51.0 Å². The first kappa shape index (κ1) is 19.8. The molecule has 2 rings (SSSR count). The number of aromatic nitrogens is 1. The van der Waals surface area contributed by atoms with Gasteiger partial charge in [0.05, 0.1) is 29.4 Å². The summed E-state index contributed by atoms with van der Waals surface area (Å²) in [5.74, 6) is -0.695. The van der Waals surface area contributed by atoms with Gasteiger partial charge >= 0.3 is 6.18 Å². The van der Waals surface area contributed by atoms with Crippen LogP contribution in [0.2, 0.25) is 0 Å². The van der Waals surface area contributed by atoms with E-state index in [0.29, 0.717) is 11.8 Å². The second-order valence-corrected chi connectivity index (χ2v) is 5.95. The van der Waals surface area contributed by atoms with Crippen LogP contribution in [-0.2, 0) is 6.54 Å². The molecule has 1 amide bonds. The number of carbonyl (C=O) groups excluding carboxylic acids is 1. The predicted molar refractivity (Wildman–Crippen MR) is 89.3 cm³/mol. The van der Waals surface area contributed by atoms with Gasteiger partial charge in [-0.2, -0.15) is 13.2 Å². The fourth-order valence-corrected chi connectivity index (χ4v) is 2.57. The van der Waals surface area contributed by atoms with Gasteiger partial charge in [-0.05, 0) is 24.6 Å². The van der Waals surface area contributed by atoms with Crippen molar-refractivity contribution in [3.63, 3.8) is 0 Å². The van der Waals surface area contributed by atoms with Crippen LogP contribution in [0.25, 0.3) is 0 Å². The van der Waals surface area contributed by atoms with E-state index in [4.69, 9.17) is 16.7 Å². The largest absolute Gasteiger partial charge is 0.514 e. The zero-order valence-electron chi connectivity index (χ0n) is 13.5. The number of hydrogen-bond donors (Lipinski definition) is 2. The van der Waals surface area contributed by atoms with Gasteiger partial charge in [0.1, 0.15) is 6.54 Å². The number of alkyl halides is 3. The molecule has 0 saturated carbocycles. The highest BCUT2D eigenvalue weighted by Gasteiger charge is 2.34. The van der Waals surface area contributed by atoms with Gasteiger partial charge in [0, 0.05) is 18.0 Å². The normalized spacial score (nSPS) is 17.1. The average molecular weight is 390 g/mol. The molecule has 1 aliphatic heterocycles. The topological polar surface area (TPSA) is 86.0 Å². The maximum Gasteiger partial charge on any atom is 0.407 e. The third kappa shape index (κ3) is 4.54. The molecule has 0 bridgehead atoms. The van der Waals surface area contributed by atoms with Crippen LogP contribution in [0.3, 0.4) is 0 Å². The number of hydrogen-bond acceptors (Lipinski definition) is 5. The fourth-order valence-electron chi connectivity index (χ4n) is 2.44. The van der Waals surface area contributed by atoms with Crippen molar-refractivity contribution in [3.05, 3.63) is 46.3 Å². The van der Waals surface area contributed by atoms with E-state index < -0.39 is 24.7 Å². The van der Waals surface area contributed by atoms with E-state index in [1.165, 1.54) is 23.2 Å². The number of aliphatic imine (C=N–C) groups is 1. The van der Waals surface area contributed by atoms with Crippen LogP contribution in [0, 0.1) is 0 Å². The number of nitrogens with zero attached hydrogens (tertiary/aromatic N) is 3. The second-order valence-electron chi connectivity index (χ2n) is 5.51. The van der Waals surface area contributed by atoms with Crippen LogP contribution in [0.5, 0.6) is 5.88 Å². The summed E-state index contributed by atoms with van der Waals surface area (Å²) in [7, 11) is 0. The van der Waals surface area contributed by atoms with Crippen LogP contribution < -0.4 is 0 Å². The van der Waals surface area contributed by atoms with E-state index in [2.05, 4.69) is 9.98 Å². The van der Waals surface area contributed by atoms with Crippen LogP contribution in [0.4, 0.5) is 13.2 Å². The Morgan fingerprint density at radius 3 is 2.81 bits per heavy atom. The van der Waals surface area contributed by atoms with Crippen molar-refractivity contribution < 1.29 is 28.2 Å². The maximum absolute atomic E-state index is 12.5. The number of pyridine rings is 1. The molecule has 1 aromatic heterocycles. The Labute approximate surface area is 151 Å². The second kappa shape index (κ2) is 7.77. The quantitative estimate of drug-likeness (QED) is 0.459. The summed E-state index contributed by atoms with van der Waals surface area (Å²) < 4.78 is 36.9. The minimum atomic E-state index is -4.47. The number of allylic oxidation sites excluding steroid dienone is 2. The van der Waals surface area contributed by atoms with Crippen molar-refractivity contribution in [2.24, 2.45) is 4.99 Å². The number of aliphatic hydroxyl groups is 1.